The first kappa shape index (κ1) is 18.0. The van der Waals surface area contributed by atoms with E-state index in [2.05, 4.69) is 33.9 Å². The molecule has 2 aromatic rings. The van der Waals surface area contributed by atoms with Gasteiger partial charge >= 0.3 is 0 Å². The average Bonchev–Trinajstić information content (AvgIpc) is 3.14. The average molecular weight is 359 g/mol. The van der Waals surface area contributed by atoms with Crippen LogP contribution < -0.4 is 9.62 Å². The zero-order valence-corrected chi connectivity index (χ0v) is 15.6. The number of nitrogens with one attached hydrogen (secondary N) is 1. The predicted octanol–water partition coefficient (Wildman–Crippen LogP) is 3.51. The molecule has 4 nitrogen and oxygen atoms in total. The summed E-state index contributed by atoms with van der Waals surface area (Å²) < 4.78 is 27.2. The van der Waals surface area contributed by atoms with Gasteiger partial charge in [0.25, 0.3) is 0 Å². The zero-order chi connectivity index (χ0) is 17.7. The monoisotopic (exact) mass is 358 g/mol. The first-order valence-electron chi connectivity index (χ1n) is 8.95. The van der Waals surface area contributed by atoms with Gasteiger partial charge in [0.2, 0.25) is 10.0 Å². The molecule has 25 heavy (non-hydrogen) atoms. The van der Waals surface area contributed by atoms with Crippen LogP contribution in [0.2, 0.25) is 0 Å². The molecular weight excluding hydrogens is 332 g/mol. The maximum absolute atomic E-state index is 12.3. The molecule has 0 saturated carbocycles. The van der Waals surface area contributed by atoms with E-state index < -0.39 is 10.0 Å². The van der Waals surface area contributed by atoms with Crippen LogP contribution in [0.4, 0.5) is 5.69 Å². The summed E-state index contributed by atoms with van der Waals surface area (Å²) >= 11 is 0. The van der Waals surface area contributed by atoms with Crippen molar-refractivity contribution in [2.24, 2.45) is 0 Å². The second kappa shape index (κ2) is 8.02. The number of benzene rings is 2. The summed E-state index contributed by atoms with van der Waals surface area (Å²) in [6, 6.07) is 15.7. The predicted molar refractivity (Wildman–Crippen MR) is 103 cm³/mol. The number of sulfonamides is 1. The van der Waals surface area contributed by atoms with Crippen LogP contribution in [0.1, 0.15) is 30.4 Å². The molecule has 0 unspecified atom stereocenters. The van der Waals surface area contributed by atoms with Crippen molar-refractivity contribution in [3.05, 3.63) is 59.7 Å². The molecule has 3 rings (SSSR count). The van der Waals surface area contributed by atoms with Crippen molar-refractivity contribution in [1.82, 2.24) is 4.72 Å². The van der Waals surface area contributed by atoms with Crippen LogP contribution in [-0.4, -0.2) is 28.1 Å². The number of nitrogens with zero attached hydrogens (tertiary/aromatic N) is 1. The first-order chi connectivity index (χ1) is 12.0. The Kier molecular flexibility index (Phi) is 5.76. The normalized spacial score (nSPS) is 14.8. The molecule has 1 fully saturated rings. The summed E-state index contributed by atoms with van der Waals surface area (Å²) in [5.74, 6) is 0. The van der Waals surface area contributed by atoms with Crippen molar-refractivity contribution < 1.29 is 8.42 Å². The molecule has 1 aliphatic rings. The maximum atomic E-state index is 12.3. The van der Waals surface area contributed by atoms with E-state index in [1.807, 2.05) is 13.0 Å². The summed E-state index contributed by atoms with van der Waals surface area (Å²) in [7, 11) is -3.41. The molecule has 1 aliphatic heterocycles. The van der Waals surface area contributed by atoms with Gasteiger partial charge < -0.3 is 4.90 Å². The van der Waals surface area contributed by atoms with Gasteiger partial charge in [0.1, 0.15) is 0 Å². The molecule has 1 saturated heterocycles. The Morgan fingerprint density at radius 1 is 1.04 bits per heavy atom. The number of hydrogen-bond acceptors (Lipinski definition) is 3. The molecule has 0 aromatic heterocycles. The van der Waals surface area contributed by atoms with Gasteiger partial charge in [-0.15, -0.1) is 0 Å². The Morgan fingerprint density at radius 3 is 2.44 bits per heavy atom. The SMILES string of the molecule is Cc1cccc(S(=O)(=O)NCCCc2ccc(N3CCCC3)cc2)c1. The standard InChI is InChI=1S/C20H26N2O2S/c1-17-6-4-8-20(16-17)25(23,24)21-13-5-7-18-9-11-19(12-10-18)22-14-2-3-15-22/h4,6,8-12,16,21H,2-3,5,7,13-15H2,1H3. The summed E-state index contributed by atoms with van der Waals surface area (Å²) in [5, 5.41) is 0. The smallest absolute Gasteiger partial charge is 0.240 e. The lowest BCUT2D eigenvalue weighted by molar-refractivity contribution is 0.579. The number of rotatable bonds is 7. The van der Waals surface area contributed by atoms with Crippen molar-refractivity contribution in [3.63, 3.8) is 0 Å². The van der Waals surface area contributed by atoms with Gasteiger partial charge in [0.05, 0.1) is 4.90 Å². The zero-order valence-electron chi connectivity index (χ0n) is 14.7. The number of aryl methyl sites for hydroxylation is 2. The topological polar surface area (TPSA) is 49.4 Å². The molecule has 0 amide bonds. The molecule has 0 aliphatic carbocycles. The Labute approximate surface area is 150 Å². The highest BCUT2D eigenvalue weighted by atomic mass is 32.2. The third-order valence-corrected chi connectivity index (χ3v) is 6.10. The Bertz CT molecular complexity index is 795. The largest absolute Gasteiger partial charge is 0.372 e. The minimum Gasteiger partial charge on any atom is -0.372 e. The molecule has 1 heterocycles. The third kappa shape index (κ3) is 4.83. The van der Waals surface area contributed by atoms with E-state index in [1.165, 1.54) is 24.1 Å². The van der Waals surface area contributed by atoms with Gasteiger partial charge in [-0.2, -0.15) is 0 Å². The van der Waals surface area contributed by atoms with Crippen molar-refractivity contribution in [2.75, 3.05) is 24.5 Å². The van der Waals surface area contributed by atoms with E-state index in [4.69, 9.17) is 0 Å². The quantitative estimate of drug-likeness (QED) is 0.771. The second-order valence-electron chi connectivity index (χ2n) is 6.68. The summed E-state index contributed by atoms with van der Waals surface area (Å²) in [4.78, 5) is 2.75. The van der Waals surface area contributed by atoms with Crippen LogP contribution in [0.5, 0.6) is 0 Å². The van der Waals surface area contributed by atoms with E-state index >= 15 is 0 Å². The molecule has 5 heteroatoms. The van der Waals surface area contributed by atoms with Crippen molar-refractivity contribution in [2.45, 2.75) is 37.5 Å². The van der Waals surface area contributed by atoms with Crippen LogP contribution in [-0.2, 0) is 16.4 Å². The van der Waals surface area contributed by atoms with E-state index in [0.717, 1.165) is 31.5 Å². The number of anilines is 1. The maximum Gasteiger partial charge on any atom is 0.240 e. The Morgan fingerprint density at radius 2 is 1.76 bits per heavy atom. The fraction of sp³-hybridized carbons (Fsp3) is 0.400. The third-order valence-electron chi connectivity index (χ3n) is 4.64. The Balaban J connectivity index is 1.48. The molecule has 1 N–H and O–H groups in total. The molecule has 134 valence electrons. The van der Waals surface area contributed by atoms with Crippen molar-refractivity contribution >= 4 is 15.7 Å². The van der Waals surface area contributed by atoms with E-state index in [0.29, 0.717) is 11.4 Å². The van der Waals surface area contributed by atoms with Gasteiger partial charge in [-0.05, 0) is 68.0 Å². The highest BCUT2D eigenvalue weighted by molar-refractivity contribution is 7.89. The lowest BCUT2D eigenvalue weighted by Gasteiger charge is -2.17. The van der Waals surface area contributed by atoms with Gasteiger partial charge in [-0.3, -0.25) is 0 Å². The summed E-state index contributed by atoms with van der Waals surface area (Å²) in [5.41, 5.74) is 3.49. The van der Waals surface area contributed by atoms with Gasteiger partial charge in [0.15, 0.2) is 0 Å². The van der Waals surface area contributed by atoms with Crippen LogP contribution in [0.15, 0.2) is 53.4 Å². The van der Waals surface area contributed by atoms with Crippen LogP contribution in [0, 0.1) is 6.92 Å². The molecule has 0 bridgehead atoms. The van der Waals surface area contributed by atoms with Gasteiger partial charge in [-0.25, -0.2) is 13.1 Å². The molecule has 2 aromatic carbocycles. The van der Waals surface area contributed by atoms with Gasteiger partial charge in [-0.1, -0.05) is 24.3 Å². The van der Waals surface area contributed by atoms with Crippen molar-refractivity contribution in [1.29, 1.82) is 0 Å². The second-order valence-corrected chi connectivity index (χ2v) is 8.45. The summed E-state index contributed by atoms with van der Waals surface area (Å²) in [6.45, 7) is 4.65. The van der Waals surface area contributed by atoms with E-state index in [9.17, 15) is 8.42 Å². The fourth-order valence-corrected chi connectivity index (χ4v) is 4.39. The minimum atomic E-state index is -3.41. The van der Waals surface area contributed by atoms with E-state index in [1.54, 1.807) is 18.2 Å². The highest BCUT2D eigenvalue weighted by Crippen LogP contribution is 2.20. The van der Waals surface area contributed by atoms with E-state index in [-0.39, 0.29) is 0 Å². The minimum absolute atomic E-state index is 0.336. The van der Waals surface area contributed by atoms with Crippen LogP contribution >= 0.6 is 0 Å². The van der Waals surface area contributed by atoms with Crippen LogP contribution in [0.25, 0.3) is 0 Å². The van der Waals surface area contributed by atoms with Gasteiger partial charge in [0, 0.05) is 25.3 Å². The lowest BCUT2D eigenvalue weighted by Crippen LogP contribution is -2.25. The van der Waals surface area contributed by atoms with Crippen molar-refractivity contribution in [3.8, 4) is 0 Å². The lowest BCUT2D eigenvalue weighted by atomic mass is 10.1. The highest BCUT2D eigenvalue weighted by Gasteiger charge is 2.13. The molecule has 0 radical (unpaired) electrons. The number of hydrogen-bond donors (Lipinski definition) is 1. The molecule has 0 spiro atoms. The molecule has 0 atom stereocenters. The first-order valence-corrected chi connectivity index (χ1v) is 10.4. The fourth-order valence-electron chi connectivity index (χ4n) is 3.21. The Hall–Kier alpha value is -1.85. The molecular formula is C20H26N2O2S. The summed E-state index contributed by atoms with van der Waals surface area (Å²) in [6.07, 6.45) is 4.22. The van der Waals surface area contributed by atoms with Crippen LogP contribution in [0.3, 0.4) is 0 Å².